The fraction of sp³-hybridized carbons (Fsp3) is 0. The minimum absolute atomic E-state index is 1.27. The Kier molecular flexibility index (Phi) is 1.51. The number of hydrogen-bond acceptors (Lipinski definition) is 0. The summed E-state index contributed by atoms with van der Waals surface area (Å²) in [5, 5.41) is 95.0. The van der Waals surface area contributed by atoms with E-state index >= 15 is 0 Å². The van der Waals surface area contributed by atoms with E-state index in [1.165, 1.54) is 0 Å². The molecule has 32 rings (SSSR count). The van der Waals surface area contributed by atoms with Crippen LogP contribution >= 0.6 is 0 Å². The monoisotopic (exact) mass is 736 g/mol. The first kappa shape index (κ1) is 20.5. The summed E-state index contributed by atoms with van der Waals surface area (Å²) in [7, 11) is -1.27. The smallest absolute Gasteiger partial charge is 0.0197 e. The Balaban J connectivity index is 1.37. The van der Waals surface area contributed by atoms with Crippen molar-refractivity contribution in [1.29, 1.82) is 0 Å². The van der Waals surface area contributed by atoms with Crippen molar-refractivity contribution in [3.8, 4) is 0 Å². The van der Waals surface area contributed by atoms with Gasteiger partial charge in [-0.3, -0.25) is 0 Å². The van der Waals surface area contributed by atoms with E-state index in [9.17, 15) is 0 Å². The first-order valence-electron chi connectivity index (χ1n) is 22.5. The first-order valence-corrected chi connectivity index (χ1v) is 24.0. The van der Waals surface area contributed by atoms with Crippen LogP contribution in [-0.2, 0) is 0 Å². The fourth-order valence-corrected chi connectivity index (χ4v) is 26.2. The molecule has 0 aliphatic heterocycles. The van der Waals surface area contributed by atoms with Crippen molar-refractivity contribution in [2.45, 2.75) is 0 Å². The summed E-state index contributed by atoms with van der Waals surface area (Å²) < 4.78 is 0. The number of hydrogen-bond donors (Lipinski definition) is 0. The molecule has 0 unspecified atom stereocenters. The van der Waals surface area contributed by atoms with Gasteiger partial charge in [0.1, 0.15) is 0 Å². The van der Waals surface area contributed by atoms with Gasteiger partial charge in [-0.1, -0.05) is 0 Å². The molecule has 0 bridgehead atoms. The standard InChI is InChI=1S/C59Si/c1-2-5-6-3(1)10-12-8-4(1)7-11-9(2)15-19-17(5)25-26-18(6)20-16(10)24-22(12)30-28-14(8)13(7)27-29-21(11)23(15)37-39-31(19)33(25)47-48-34(26)32(20)40-38(24)44-42(30)46-36(28)35(27)45-41(29)43(37)51-49(39)53(47)57-54(48)50(40)52(44)59-56(46)55(45)58(51)60(57)59. The second-order valence-electron chi connectivity index (χ2n) is 22.5. The van der Waals surface area contributed by atoms with E-state index in [0.29, 0.717) is 0 Å². The highest BCUT2D eigenvalue weighted by atomic mass is 28.2. The second-order valence-corrected chi connectivity index (χ2v) is 24.8. The van der Waals surface area contributed by atoms with Crippen molar-refractivity contribution in [2.24, 2.45) is 0 Å². The van der Waals surface area contributed by atoms with Gasteiger partial charge in [-0.25, -0.2) is 0 Å². The summed E-state index contributed by atoms with van der Waals surface area (Å²) in [6.07, 6.45) is 0. The summed E-state index contributed by atoms with van der Waals surface area (Å²) in [4.78, 5) is 5.56. The Morgan fingerprint density at radius 2 is 0.150 bits per heavy atom. The lowest BCUT2D eigenvalue weighted by molar-refractivity contribution is 2.21. The maximum Gasteiger partial charge on any atom is 0.0924 e. The van der Waals surface area contributed by atoms with Crippen LogP contribution in [0.5, 0.6) is 0 Å². The van der Waals surface area contributed by atoms with Crippen molar-refractivity contribution in [3.63, 3.8) is 0 Å². The van der Waals surface area contributed by atoms with E-state index in [2.05, 4.69) is 0 Å². The molecule has 29 aromatic carbocycles. The molecule has 0 saturated heterocycles. The summed E-state index contributed by atoms with van der Waals surface area (Å²) in [5.41, 5.74) is 0. The second kappa shape index (κ2) is 4.42. The molecule has 0 radical (unpaired) electrons. The van der Waals surface area contributed by atoms with E-state index in [1.807, 2.05) is 15.0 Å². The molecule has 0 spiro atoms. The van der Waals surface area contributed by atoms with Crippen molar-refractivity contribution >= 4 is 325 Å². The van der Waals surface area contributed by atoms with Gasteiger partial charge < -0.3 is 0 Å². The first-order chi connectivity index (χ1) is 30.0. The van der Waals surface area contributed by atoms with Gasteiger partial charge in [0.05, 0.1) is 8.20 Å². The van der Waals surface area contributed by atoms with Gasteiger partial charge in [-0.05, 0) is 317 Å². The van der Waals surface area contributed by atoms with Crippen molar-refractivity contribution in [2.75, 3.05) is 0 Å². The summed E-state index contributed by atoms with van der Waals surface area (Å²) in [6, 6.07) is 0. The highest BCUT2D eigenvalue weighted by Gasteiger charge is 2.51. The van der Waals surface area contributed by atoms with Crippen LogP contribution in [0.15, 0.2) is 0 Å². The predicted molar refractivity (Wildman–Crippen MR) is 262 cm³/mol. The Morgan fingerprint density at radius 1 is 0.0833 bits per heavy atom. The molecule has 0 atom stereocenters. The molecule has 0 N–H and O–H groups in total. The van der Waals surface area contributed by atoms with Crippen molar-refractivity contribution in [1.82, 2.24) is 0 Å². The molecule has 1 heteroatoms. The van der Waals surface area contributed by atoms with Gasteiger partial charge >= 0.3 is 0 Å². The fourth-order valence-electron chi connectivity index (χ4n) is 22.5. The van der Waals surface area contributed by atoms with Crippen LogP contribution in [0.25, 0.3) is 317 Å². The maximum absolute atomic E-state index is 1.85. The zero-order chi connectivity index (χ0) is 34.6. The predicted octanol–water partition coefficient (Wildman–Crippen LogP) is 17.1. The topological polar surface area (TPSA) is 0 Å². The number of benzene rings is 18. The van der Waals surface area contributed by atoms with E-state index in [-0.39, 0.29) is 0 Å². The summed E-state index contributed by atoms with van der Waals surface area (Å²) in [6.45, 7) is 0. The Labute approximate surface area is 323 Å². The van der Waals surface area contributed by atoms with Crippen LogP contribution in [0, 0.1) is 0 Å². The summed E-state index contributed by atoms with van der Waals surface area (Å²) in [5.74, 6) is 0. The SMILES string of the molecule is c12c3c4c5c1c1c6c7c2c2c8c3c3c9c4c4c%10c5c5c1c1c6c6c%11c7c2c2c7c8c3c3c8c9c4c4c9c%10c5c5c1c1c6c6c%11c2c2c7c3c3c8c4c4c9c5c1c1c6c2c3[si]41. The Morgan fingerprint density at radius 3 is 0.267 bits per heavy atom. The Hall–Kier alpha value is -7.45. The lowest BCUT2D eigenvalue weighted by Crippen LogP contribution is -1.94. The van der Waals surface area contributed by atoms with Crippen LogP contribution in [-0.4, -0.2) is 8.20 Å². The van der Waals surface area contributed by atoms with Gasteiger partial charge in [-0.15, -0.1) is 0 Å². The zero-order valence-electron chi connectivity index (χ0n) is 30.0. The highest BCUT2D eigenvalue weighted by molar-refractivity contribution is 6.98. The molecule has 0 nitrogen and oxygen atoms in total. The minimum Gasteiger partial charge on any atom is -0.0197 e. The molecule has 0 fully saturated rings. The lowest BCUT2D eigenvalue weighted by atomic mass is 9.88. The largest absolute Gasteiger partial charge is 0.0924 e. The molecule has 0 aliphatic carbocycles. The van der Waals surface area contributed by atoms with E-state index in [1.54, 1.807) is 302 Å². The van der Waals surface area contributed by atoms with Gasteiger partial charge in [0.25, 0.3) is 0 Å². The quantitative estimate of drug-likeness (QED) is 0.107. The molecule has 240 valence electrons. The van der Waals surface area contributed by atoms with Crippen LogP contribution in [0.1, 0.15) is 0 Å². The van der Waals surface area contributed by atoms with E-state index in [0.717, 1.165) is 0 Å². The van der Waals surface area contributed by atoms with Crippen LogP contribution in [0.2, 0.25) is 0 Å². The van der Waals surface area contributed by atoms with E-state index < -0.39 is 8.20 Å². The molecule has 3 aromatic heterocycles. The molecular weight excluding hydrogens is 737 g/mol. The Bertz CT molecular complexity index is 4030. The average Bonchev–Trinajstić information content (AvgIpc) is 4.09. The third-order valence-corrected chi connectivity index (χ3v) is 25.5. The van der Waals surface area contributed by atoms with Crippen molar-refractivity contribution in [3.05, 3.63) is 0 Å². The van der Waals surface area contributed by atoms with E-state index in [4.69, 9.17) is 0 Å². The molecule has 32 aromatic rings. The third kappa shape index (κ3) is 0.998. The normalized spacial score (nSPS) is 18.0. The number of rotatable bonds is 0. The highest BCUT2D eigenvalue weighted by Crippen LogP contribution is 2.79. The van der Waals surface area contributed by atoms with Gasteiger partial charge in [0.15, 0.2) is 0 Å². The van der Waals surface area contributed by atoms with Crippen LogP contribution in [0.4, 0.5) is 0 Å². The van der Waals surface area contributed by atoms with Gasteiger partial charge in [0, 0.05) is 0 Å². The van der Waals surface area contributed by atoms with Crippen LogP contribution in [0.3, 0.4) is 0 Å². The molecule has 3 heterocycles. The maximum atomic E-state index is 1.85. The molecule has 0 amide bonds. The van der Waals surface area contributed by atoms with Gasteiger partial charge in [-0.2, -0.15) is 0 Å². The van der Waals surface area contributed by atoms with Gasteiger partial charge in [0.2, 0.25) is 0 Å². The minimum atomic E-state index is -1.27. The lowest BCUT2D eigenvalue weighted by Gasteiger charge is -2.14. The summed E-state index contributed by atoms with van der Waals surface area (Å²) >= 11 is 0. The average molecular weight is 737 g/mol. The molecule has 60 heavy (non-hydrogen) atoms. The van der Waals surface area contributed by atoms with Crippen molar-refractivity contribution < 1.29 is 0 Å². The zero-order valence-corrected chi connectivity index (χ0v) is 31.0. The molecule has 0 aliphatic rings. The third-order valence-electron chi connectivity index (χ3n) is 22.5. The molecule has 0 saturated carbocycles. The molecular formula is C59Si. The van der Waals surface area contributed by atoms with Crippen LogP contribution < -0.4 is 0 Å².